The summed E-state index contributed by atoms with van der Waals surface area (Å²) in [6.07, 6.45) is 2.11. The molecule has 2 atom stereocenters. The van der Waals surface area contributed by atoms with Crippen molar-refractivity contribution >= 4 is 0 Å². The Morgan fingerprint density at radius 1 is 1.50 bits per heavy atom. The Morgan fingerprint density at radius 3 is 2.42 bits per heavy atom. The van der Waals surface area contributed by atoms with Crippen molar-refractivity contribution in [1.29, 1.82) is 0 Å². The lowest BCUT2D eigenvalue weighted by atomic mass is 10.1. The third kappa shape index (κ3) is 3.52. The quantitative estimate of drug-likeness (QED) is 0.614. The lowest BCUT2D eigenvalue weighted by Crippen LogP contribution is -2.41. The van der Waals surface area contributed by atoms with E-state index in [4.69, 9.17) is 10.8 Å². The second-order valence-electron chi connectivity index (χ2n) is 3.34. The first-order chi connectivity index (χ1) is 5.67. The SMILES string of the molecule is CCC(CCN)N(C)C(C)CO. The second-order valence-corrected chi connectivity index (χ2v) is 3.34. The summed E-state index contributed by atoms with van der Waals surface area (Å²) in [5, 5.41) is 8.94. The van der Waals surface area contributed by atoms with Crippen molar-refractivity contribution in [2.45, 2.75) is 38.8 Å². The van der Waals surface area contributed by atoms with Gasteiger partial charge in [-0.25, -0.2) is 0 Å². The Hall–Kier alpha value is -0.120. The molecule has 3 nitrogen and oxygen atoms in total. The van der Waals surface area contributed by atoms with E-state index in [-0.39, 0.29) is 12.6 Å². The standard InChI is InChI=1S/C9H22N2O/c1-4-9(5-6-10)11(3)8(2)7-12/h8-9,12H,4-7,10H2,1-3H3. The van der Waals surface area contributed by atoms with Crippen LogP contribution >= 0.6 is 0 Å². The second kappa shape index (κ2) is 6.40. The number of aliphatic hydroxyl groups is 1. The fraction of sp³-hybridized carbons (Fsp3) is 1.00. The lowest BCUT2D eigenvalue weighted by Gasteiger charge is -2.31. The number of rotatable bonds is 6. The predicted octanol–water partition coefficient (Wildman–Crippen LogP) is 0.426. The van der Waals surface area contributed by atoms with Crippen molar-refractivity contribution in [3.63, 3.8) is 0 Å². The number of aliphatic hydroxyl groups excluding tert-OH is 1. The van der Waals surface area contributed by atoms with Crippen LogP contribution in [0.25, 0.3) is 0 Å². The van der Waals surface area contributed by atoms with Crippen molar-refractivity contribution in [3.8, 4) is 0 Å². The molecule has 12 heavy (non-hydrogen) atoms. The molecule has 0 amide bonds. The van der Waals surface area contributed by atoms with E-state index in [1.165, 1.54) is 0 Å². The highest BCUT2D eigenvalue weighted by molar-refractivity contribution is 4.72. The van der Waals surface area contributed by atoms with Crippen LogP contribution in [0, 0.1) is 0 Å². The highest BCUT2D eigenvalue weighted by atomic mass is 16.3. The van der Waals surface area contributed by atoms with Crippen LogP contribution in [-0.4, -0.2) is 42.3 Å². The van der Waals surface area contributed by atoms with E-state index in [9.17, 15) is 0 Å². The van der Waals surface area contributed by atoms with Crippen molar-refractivity contribution in [3.05, 3.63) is 0 Å². The third-order valence-electron chi connectivity index (χ3n) is 2.51. The predicted molar refractivity (Wildman–Crippen MR) is 52.1 cm³/mol. The molecule has 0 aliphatic rings. The zero-order chi connectivity index (χ0) is 9.56. The summed E-state index contributed by atoms with van der Waals surface area (Å²) in [7, 11) is 2.05. The summed E-state index contributed by atoms with van der Waals surface area (Å²) in [5.74, 6) is 0. The topological polar surface area (TPSA) is 49.5 Å². The molecule has 0 aliphatic heterocycles. The minimum absolute atomic E-state index is 0.220. The first-order valence-electron chi connectivity index (χ1n) is 4.70. The summed E-state index contributed by atoms with van der Waals surface area (Å²) in [6, 6.07) is 0.749. The fourth-order valence-electron chi connectivity index (χ4n) is 1.38. The molecule has 3 heteroatoms. The van der Waals surface area contributed by atoms with Gasteiger partial charge in [0.25, 0.3) is 0 Å². The summed E-state index contributed by atoms with van der Waals surface area (Å²) in [6.45, 7) is 5.12. The van der Waals surface area contributed by atoms with Crippen molar-refractivity contribution < 1.29 is 5.11 Å². The molecule has 2 unspecified atom stereocenters. The molecule has 0 bridgehead atoms. The van der Waals surface area contributed by atoms with Crippen LogP contribution in [0.5, 0.6) is 0 Å². The maximum absolute atomic E-state index is 8.94. The van der Waals surface area contributed by atoms with Crippen molar-refractivity contribution in [2.75, 3.05) is 20.2 Å². The van der Waals surface area contributed by atoms with Gasteiger partial charge in [0.05, 0.1) is 6.61 Å². The number of hydrogen-bond donors (Lipinski definition) is 2. The van der Waals surface area contributed by atoms with E-state index in [0.717, 1.165) is 19.4 Å². The number of likely N-dealkylation sites (N-methyl/N-ethyl adjacent to an activating group) is 1. The molecule has 74 valence electrons. The minimum Gasteiger partial charge on any atom is -0.395 e. The van der Waals surface area contributed by atoms with Gasteiger partial charge in [-0.05, 0) is 33.4 Å². The molecule has 0 aliphatic carbocycles. The zero-order valence-electron chi connectivity index (χ0n) is 8.45. The molecule has 0 fully saturated rings. The summed E-state index contributed by atoms with van der Waals surface area (Å²) in [5.41, 5.74) is 5.50. The molecule has 0 aromatic carbocycles. The van der Waals surface area contributed by atoms with Gasteiger partial charge >= 0.3 is 0 Å². The van der Waals surface area contributed by atoms with E-state index in [0.29, 0.717) is 6.04 Å². The van der Waals surface area contributed by atoms with Gasteiger partial charge < -0.3 is 10.8 Å². The molecule has 0 heterocycles. The Labute approximate surface area is 75.6 Å². The van der Waals surface area contributed by atoms with Crippen LogP contribution < -0.4 is 5.73 Å². The van der Waals surface area contributed by atoms with Gasteiger partial charge in [-0.3, -0.25) is 4.90 Å². The Morgan fingerprint density at radius 2 is 2.08 bits per heavy atom. The fourth-order valence-corrected chi connectivity index (χ4v) is 1.38. The smallest absolute Gasteiger partial charge is 0.0584 e. The monoisotopic (exact) mass is 174 g/mol. The van der Waals surface area contributed by atoms with Gasteiger partial charge in [0.2, 0.25) is 0 Å². The van der Waals surface area contributed by atoms with Crippen LogP contribution in [-0.2, 0) is 0 Å². The van der Waals surface area contributed by atoms with E-state index < -0.39 is 0 Å². The van der Waals surface area contributed by atoms with Crippen LogP contribution in [0.1, 0.15) is 26.7 Å². The molecule has 0 spiro atoms. The summed E-state index contributed by atoms with van der Waals surface area (Å²) in [4.78, 5) is 2.20. The molecule has 0 aromatic heterocycles. The van der Waals surface area contributed by atoms with Crippen LogP contribution in [0.15, 0.2) is 0 Å². The molecule has 0 saturated carbocycles. The van der Waals surface area contributed by atoms with Crippen LogP contribution in [0.4, 0.5) is 0 Å². The van der Waals surface area contributed by atoms with Crippen LogP contribution in [0.3, 0.4) is 0 Å². The maximum Gasteiger partial charge on any atom is 0.0584 e. The minimum atomic E-state index is 0.220. The zero-order valence-corrected chi connectivity index (χ0v) is 8.45. The Kier molecular flexibility index (Phi) is 6.34. The van der Waals surface area contributed by atoms with E-state index in [2.05, 4.69) is 11.8 Å². The van der Waals surface area contributed by atoms with Gasteiger partial charge in [-0.2, -0.15) is 0 Å². The molecule has 0 rings (SSSR count). The Balaban J connectivity index is 3.91. The van der Waals surface area contributed by atoms with E-state index in [1.807, 2.05) is 14.0 Å². The third-order valence-corrected chi connectivity index (χ3v) is 2.51. The molecular formula is C9H22N2O. The normalized spacial score (nSPS) is 16.5. The lowest BCUT2D eigenvalue weighted by molar-refractivity contribution is 0.114. The molecule has 3 N–H and O–H groups in total. The summed E-state index contributed by atoms with van der Waals surface area (Å²) < 4.78 is 0. The number of nitrogens with two attached hydrogens (primary N) is 1. The first-order valence-corrected chi connectivity index (χ1v) is 4.70. The van der Waals surface area contributed by atoms with Gasteiger partial charge in [0.1, 0.15) is 0 Å². The van der Waals surface area contributed by atoms with Crippen molar-refractivity contribution in [1.82, 2.24) is 4.90 Å². The van der Waals surface area contributed by atoms with E-state index in [1.54, 1.807) is 0 Å². The van der Waals surface area contributed by atoms with Crippen LogP contribution in [0.2, 0.25) is 0 Å². The highest BCUT2D eigenvalue weighted by Gasteiger charge is 2.16. The number of hydrogen-bond acceptors (Lipinski definition) is 3. The maximum atomic E-state index is 8.94. The molecular weight excluding hydrogens is 152 g/mol. The molecule has 0 radical (unpaired) electrons. The molecule has 0 saturated heterocycles. The van der Waals surface area contributed by atoms with Gasteiger partial charge in [0.15, 0.2) is 0 Å². The largest absolute Gasteiger partial charge is 0.395 e. The highest BCUT2D eigenvalue weighted by Crippen LogP contribution is 2.08. The van der Waals surface area contributed by atoms with E-state index >= 15 is 0 Å². The van der Waals surface area contributed by atoms with Gasteiger partial charge in [-0.15, -0.1) is 0 Å². The Bertz CT molecular complexity index is 109. The summed E-state index contributed by atoms with van der Waals surface area (Å²) >= 11 is 0. The average Bonchev–Trinajstić information content (AvgIpc) is 2.11. The first kappa shape index (κ1) is 11.9. The number of nitrogens with zero attached hydrogens (tertiary/aromatic N) is 1. The van der Waals surface area contributed by atoms with Crippen molar-refractivity contribution in [2.24, 2.45) is 5.73 Å². The average molecular weight is 174 g/mol. The van der Waals surface area contributed by atoms with Gasteiger partial charge in [0, 0.05) is 12.1 Å². The molecule has 0 aromatic rings. The van der Waals surface area contributed by atoms with Gasteiger partial charge in [-0.1, -0.05) is 6.92 Å².